The van der Waals surface area contributed by atoms with Gasteiger partial charge in [0.05, 0.1) is 22.7 Å². The van der Waals surface area contributed by atoms with Gasteiger partial charge >= 0.3 is 6.18 Å². The average Bonchev–Trinajstić information content (AvgIpc) is 3.46. The van der Waals surface area contributed by atoms with Crippen LogP contribution in [0.3, 0.4) is 0 Å². The summed E-state index contributed by atoms with van der Waals surface area (Å²) in [5, 5.41) is 0.637. The molecule has 1 saturated heterocycles. The van der Waals surface area contributed by atoms with Crippen molar-refractivity contribution < 1.29 is 26.7 Å². The van der Waals surface area contributed by atoms with E-state index in [1.54, 1.807) is 43.3 Å². The lowest BCUT2D eigenvalue weighted by atomic mass is 9.85. The van der Waals surface area contributed by atoms with E-state index in [9.17, 15) is 13.2 Å². The molecule has 230 valence electrons. The zero-order chi connectivity index (χ0) is 31.9. The monoisotopic (exact) mass is 632 g/mol. The number of hydrogen-bond acceptors (Lipinski definition) is 4. The van der Waals surface area contributed by atoms with Crippen molar-refractivity contribution in [3.63, 3.8) is 0 Å². The van der Waals surface area contributed by atoms with E-state index < -0.39 is 35.0 Å². The molecule has 2 N–H and O–H groups in total. The predicted octanol–water partition coefficient (Wildman–Crippen LogP) is 9.65. The Bertz CT molecular complexity index is 1820. The lowest BCUT2D eigenvalue weighted by Gasteiger charge is -2.39. The summed E-state index contributed by atoms with van der Waals surface area (Å²) in [5.41, 5.74) is 8.18. The summed E-state index contributed by atoms with van der Waals surface area (Å²) in [7, 11) is 0. The number of para-hydroxylation sites is 1. The third-order valence-corrected chi connectivity index (χ3v) is 9.40. The third-order valence-electron chi connectivity index (χ3n) is 8.17. The van der Waals surface area contributed by atoms with Gasteiger partial charge in [0.15, 0.2) is 0 Å². The van der Waals surface area contributed by atoms with E-state index in [0.29, 0.717) is 38.9 Å². The molecule has 9 heteroatoms. The Morgan fingerprint density at radius 2 is 1.60 bits per heavy atom. The maximum absolute atomic E-state index is 16.0. The van der Waals surface area contributed by atoms with E-state index in [-0.39, 0.29) is 23.8 Å². The van der Waals surface area contributed by atoms with Crippen LogP contribution in [-0.2, 0) is 12.6 Å². The highest BCUT2D eigenvalue weighted by molar-refractivity contribution is 8.03. The largest absolute Gasteiger partial charge is 0.457 e. The minimum absolute atomic E-state index is 0.197. The molecule has 2 aliphatic heterocycles. The van der Waals surface area contributed by atoms with Gasteiger partial charge < -0.3 is 15.4 Å². The van der Waals surface area contributed by atoms with E-state index in [0.717, 1.165) is 23.8 Å². The van der Waals surface area contributed by atoms with Crippen LogP contribution in [0.1, 0.15) is 35.2 Å². The highest BCUT2D eigenvalue weighted by Gasteiger charge is 2.43. The van der Waals surface area contributed by atoms with Crippen LogP contribution < -0.4 is 10.5 Å². The lowest BCUT2D eigenvalue weighted by Crippen LogP contribution is -2.40. The second-order valence-electron chi connectivity index (χ2n) is 10.9. The van der Waals surface area contributed by atoms with Gasteiger partial charge in [-0.25, -0.2) is 8.78 Å². The van der Waals surface area contributed by atoms with Gasteiger partial charge in [0.25, 0.3) is 0 Å². The van der Waals surface area contributed by atoms with E-state index in [4.69, 9.17) is 10.5 Å². The minimum atomic E-state index is -4.76. The second-order valence-corrected chi connectivity index (χ2v) is 11.9. The van der Waals surface area contributed by atoms with Crippen molar-refractivity contribution in [2.45, 2.75) is 31.6 Å². The van der Waals surface area contributed by atoms with Crippen molar-refractivity contribution >= 4 is 17.3 Å². The van der Waals surface area contributed by atoms with Crippen LogP contribution in [0, 0.1) is 11.6 Å². The Hall–Kier alpha value is -4.34. The van der Waals surface area contributed by atoms with Gasteiger partial charge in [0.1, 0.15) is 23.1 Å². The van der Waals surface area contributed by atoms with Crippen molar-refractivity contribution in [2.75, 3.05) is 5.75 Å². The van der Waals surface area contributed by atoms with Gasteiger partial charge in [0, 0.05) is 40.6 Å². The Labute approximate surface area is 262 Å². The second kappa shape index (κ2) is 12.2. The molecule has 4 aromatic rings. The molecule has 0 aliphatic carbocycles. The third kappa shape index (κ3) is 5.90. The van der Waals surface area contributed by atoms with Gasteiger partial charge in [-0.05, 0) is 60.0 Å². The first-order valence-corrected chi connectivity index (χ1v) is 15.3. The van der Waals surface area contributed by atoms with Crippen LogP contribution in [0.4, 0.5) is 22.0 Å². The SMILES string of the molecule is C=C1C(c2ccc(Oc3ccccc3)cc2F)=C(C)C(Cc2c(F)cccc2C(F)(F)F)=C2SCC(C(N)c3ccccc3)N12. The Balaban J connectivity index is 1.47. The molecule has 0 amide bonds. The van der Waals surface area contributed by atoms with Crippen LogP contribution in [0.25, 0.3) is 5.57 Å². The molecule has 45 heavy (non-hydrogen) atoms. The Morgan fingerprint density at radius 3 is 2.27 bits per heavy atom. The highest BCUT2D eigenvalue weighted by Crippen LogP contribution is 2.52. The van der Waals surface area contributed by atoms with Crippen molar-refractivity contribution in [2.24, 2.45) is 5.73 Å². The molecule has 2 heterocycles. The number of allylic oxidation sites excluding steroid dienone is 3. The molecule has 0 bridgehead atoms. The number of rotatable bonds is 7. The Kier molecular flexibility index (Phi) is 8.33. The molecule has 0 spiro atoms. The summed E-state index contributed by atoms with van der Waals surface area (Å²) in [4.78, 5) is 1.89. The molecule has 2 aliphatic rings. The van der Waals surface area contributed by atoms with Crippen LogP contribution in [-0.4, -0.2) is 16.7 Å². The summed E-state index contributed by atoms with van der Waals surface area (Å²) < 4.78 is 79.1. The van der Waals surface area contributed by atoms with Gasteiger partial charge in [-0.1, -0.05) is 61.2 Å². The average molecular weight is 633 g/mol. The quantitative estimate of drug-likeness (QED) is 0.206. The predicted molar refractivity (Wildman–Crippen MR) is 168 cm³/mol. The molecular weight excluding hydrogens is 603 g/mol. The fraction of sp³-hybridized carbons (Fsp3) is 0.167. The smallest absolute Gasteiger partial charge is 0.416 e. The first-order chi connectivity index (χ1) is 21.5. The highest BCUT2D eigenvalue weighted by atomic mass is 32.2. The number of fused-ring (bicyclic) bond motifs is 1. The van der Waals surface area contributed by atoms with Gasteiger partial charge in [-0.2, -0.15) is 13.2 Å². The number of nitrogens with two attached hydrogens (primary N) is 1. The van der Waals surface area contributed by atoms with Crippen molar-refractivity contribution in [3.05, 3.63) is 159 Å². The van der Waals surface area contributed by atoms with E-state index in [2.05, 4.69) is 6.58 Å². The fourth-order valence-corrected chi connectivity index (χ4v) is 7.43. The number of nitrogens with zero attached hydrogens (tertiary/aromatic N) is 1. The maximum atomic E-state index is 16.0. The first-order valence-electron chi connectivity index (χ1n) is 14.3. The molecule has 0 radical (unpaired) electrons. The topological polar surface area (TPSA) is 38.5 Å². The van der Waals surface area contributed by atoms with Crippen LogP contribution >= 0.6 is 11.8 Å². The molecular formula is C36H29F5N2OS. The van der Waals surface area contributed by atoms with E-state index in [1.165, 1.54) is 17.8 Å². The molecule has 0 aromatic heterocycles. The minimum Gasteiger partial charge on any atom is -0.457 e. The van der Waals surface area contributed by atoms with Gasteiger partial charge in [-0.3, -0.25) is 0 Å². The molecule has 2 unspecified atom stereocenters. The molecule has 2 atom stereocenters. The van der Waals surface area contributed by atoms with Gasteiger partial charge in [-0.15, -0.1) is 11.8 Å². The van der Waals surface area contributed by atoms with E-state index >= 15 is 8.78 Å². The molecule has 6 rings (SSSR count). The van der Waals surface area contributed by atoms with Gasteiger partial charge in [0.2, 0.25) is 0 Å². The van der Waals surface area contributed by atoms with Crippen molar-refractivity contribution in [1.82, 2.24) is 4.90 Å². The molecule has 0 saturated carbocycles. The number of hydrogen-bond donors (Lipinski definition) is 1. The fourth-order valence-electron chi connectivity index (χ4n) is 5.96. The number of ether oxygens (including phenoxy) is 1. The number of benzene rings is 4. The summed E-state index contributed by atoms with van der Waals surface area (Å²) in [6, 6.07) is 25.0. The molecule has 3 nitrogen and oxygen atoms in total. The number of thioether (sulfide) groups is 1. The van der Waals surface area contributed by atoms with Crippen LogP contribution in [0.5, 0.6) is 11.5 Å². The zero-order valence-electron chi connectivity index (χ0n) is 24.2. The lowest BCUT2D eigenvalue weighted by molar-refractivity contribution is -0.138. The summed E-state index contributed by atoms with van der Waals surface area (Å²) in [6.07, 6.45) is -5.12. The summed E-state index contributed by atoms with van der Waals surface area (Å²) in [5.74, 6) is -0.240. The van der Waals surface area contributed by atoms with Crippen LogP contribution in [0.15, 0.2) is 126 Å². The molecule has 4 aromatic carbocycles. The number of halogens is 5. The normalized spacial score (nSPS) is 17.5. The first kappa shape index (κ1) is 30.7. The van der Waals surface area contributed by atoms with E-state index in [1.807, 2.05) is 41.3 Å². The zero-order valence-corrected chi connectivity index (χ0v) is 25.1. The standard InChI is InChI=1S/C36H29F5N2OS/c1-21-27(19-28-29(36(39,40)41)14-9-15-30(28)37)35-43(32(20-45-35)34(42)23-10-5-3-6-11-23)22(2)33(21)26-17-16-25(18-31(26)38)44-24-12-7-4-8-13-24/h3-18,32,34H,2,19-20,42H2,1H3. The summed E-state index contributed by atoms with van der Waals surface area (Å²) >= 11 is 1.43. The summed E-state index contributed by atoms with van der Waals surface area (Å²) in [6.45, 7) is 6.07. The van der Waals surface area contributed by atoms with Crippen LogP contribution in [0.2, 0.25) is 0 Å². The maximum Gasteiger partial charge on any atom is 0.416 e. The number of alkyl halides is 3. The Morgan fingerprint density at radius 1 is 0.911 bits per heavy atom. The van der Waals surface area contributed by atoms with Crippen molar-refractivity contribution in [3.8, 4) is 11.5 Å². The molecule has 1 fully saturated rings. The van der Waals surface area contributed by atoms with Crippen molar-refractivity contribution in [1.29, 1.82) is 0 Å².